The lowest BCUT2D eigenvalue weighted by atomic mass is 10.2. The Labute approximate surface area is 132 Å². The van der Waals surface area contributed by atoms with E-state index in [1.807, 2.05) is 0 Å². The van der Waals surface area contributed by atoms with Crippen molar-refractivity contribution in [3.8, 4) is 5.75 Å². The third kappa shape index (κ3) is 4.20. The van der Waals surface area contributed by atoms with Crippen LogP contribution in [0.1, 0.15) is 11.1 Å². The summed E-state index contributed by atoms with van der Waals surface area (Å²) in [5.41, 5.74) is 1.44. The first-order chi connectivity index (χ1) is 10.6. The zero-order valence-corrected chi connectivity index (χ0v) is 12.5. The molecule has 0 aliphatic heterocycles. The molecule has 6 nitrogen and oxygen atoms in total. The molecular formula is C15H13ClN2O4. The Morgan fingerprint density at radius 1 is 1.32 bits per heavy atom. The molecule has 0 radical (unpaired) electrons. The Balaban J connectivity index is 1.94. The van der Waals surface area contributed by atoms with E-state index in [0.717, 1.165) is 5.56 Å². The maximum absolute atomic E-state index is 10.7. The lowest BCUT2D eigenvalue weighted by Crippen LogP contribution is -1.92. The molecule has 2 rings (SSSR count). The van der Waals surface area contributed by atoms with Crippen LogP contribution in [0.15, 0.2) is 47.6 Å². The number of nitrogens with zero attached hydrogens (tertiary/aromatic N) is 2. The van der Waals surface area contributed by atoms with Crippen molar-refractivity contribution in [2.45, 2.75) is 6.61 Å². The van der Waals surface area contributed by atoms with E-state index in [1.165, 1.54) is 25.5 Å². The molecule has 0 amide bonds. The van der Waals surface area contributed by atoms with Crippen LogP contribution >= 0.6 is 11.6 Å². The van der Waals surface area contributed by atoms with Gasteiger partial charge in [0.1, 0.15) is 12.4 Å². The van der Waals surface area contributed by atoms with E-state index in [4.69, 9.17) is 21.2 Å². The van der Waals surface area contributed by atoms with Crippen molar-refractivity contribution < 1.29 is 14.5 Å². The van der Waals surface area contributed by atoms with E-state index < -0.39 is 4.92 Å². The standard InChI is InChI=1S/C15H13ClN2O4/c1-21-15-6-5-11(8-14(15)16)9-17-22-10-12-3-2-4-13(7-12)18(19)20/h2-9H,10H2,1H3/b17-9-. The van der Waals surface area contributed by atoms with Gasteiger partial charge in [0.25, 0.3) is 5.69 Å². The summed E-state index contributed by atoms with van der Waals surface area (Å²) in [6.45, 7) is 0.141. The molecular weight excluding hydrogens is 308 g/mol. The molecule has 0 spiro atoms. The topological polar surface area (TPSA) is 74.0 Å². The number of nitro benzene ring substituents is 1. The number of benzene rings is 2. The Bertz CT molecular complexity index is 704. The molecule has 0 atom stereocenters. The van der Waals surface area contributed by atoms with Crippen molar-refractivity contribution in [2.24, 2.45) is 5.16 Å². The van der Waals surface area contributed by atoms with Crippen molar-refractivity contribution in [1.82, 2.24) is 0 Å². The predicted molar refractivity (Wildman–Crippen MR) is 83.5 cm³/mol. The second-order valence-corrected chi connectivity index (χ2v) is 4.74. The molecule has 0 unspecified atom stereocenters. The molecule has 2 aromatic rings. The average molecular weight is 321 g/mol. The maximum Gasteiger partial charge on any atom is 0.269 e. The number of oxime groups is 1. The third-order valence-electron chi connectivity index (χ3n) is 2.80. The Kier molecular flexibility index (Phi) is 5.32. The first kappa shape index (κ1) is 15.8. The van der Waals surface area contributed by atoms with Gasteiger partial charge in [0, 0.05) is 12.1 Å². The quantitative estimate of drug-likeness (QED) is 0.461. The number of methoxy groups -OCH3 is 1. The van der Waals surface area contributed by atoms with Gasteiger partial charge >= 0.3 is 0 Å². The first-order valence-corrected chi connectivity index (χ1v) is 6.70. The van der Waals surface area contributed by atoms with Crippen LogP contribution in [0.5, 0.6) is 5.75 Å². The summed E-state index contributed by atoms with van der Waals surface area (Å²) in [4.78, 5) is 15.3. The van der Waals surface area contributed by atoms with Crippen molar-refractivity contribution in [1.29, 1.82) is 0 Å². The summed E-state index contributed by atoms with van der Waals surface area (Å²) in [6, 6.07) is 11.4. The minimum Gasteiger partial charge on any atom is -0.495 e. The van der Waals surface area contributed by atoms with Crippen LogP contribution in [0.3, 0.4) is 0 Å². The fraction of sp³-hybridized carbons (Fsp3) is 0.133. The average Bonchev–Trinajstić information content (AvgIpc) is 2.52. The van der Waals surface area contributed by atoms with E-state index in [9.17, 15) is 10.1 Å². The van der Waals surface area contributed by atoms with Gasteiger partial charge in [0.2, 0.25) is 0 Å². The van der Waals surface area contributed by atoms with Crippen LogP contribution in [0, 0.1) is 10.1 Å². The van der Waals surface area contributed by atoms with Gasteiger partial charge in [-0.1, -0.05) is 28.9 Å². The largest absolute Gasteiger partial charge is 0.495 e. The zero-order valence-electron chi connectivity index (χ0n) is 11.7. The van der Waals surface area contributed by atoms with Gasteiger partial charge in [-0.3, -0.25) is 10.1 Å². The van der Waals surface area contributed by atoms with Gasteiger partial charge in [-0.05, 0) is 29.3 Å². The highest BCUT2D eigenvalue weighted by atomic mass is 35.5. The number of rotatable bonds is 6. The molecule has 0 saturated heterocycles. The minimum atomic E-state index is -0.452. The van der Waals surface area contributed by atoms with E-state index in [-0.39, 0.29) is 12.3 Å². The lowest BCUT2D eigenvalue weighted by Gasteiger charge is -2.03. The molecule has 0 aliphatic carbocycles. The van der Waals surface area contributed by atoms with E-state index in [2.05, 4.69) is 5.16 Å². The molecule has 0 saturated carbocycles. The molecule has 0 N–H and O–H groups in total. The molecule has 0 fully saturated rings. The molecule has 2 aromatic carbocycles. The summed E-state index contributed by atoms with van der Waals surface area (Å²) in [5.74, 6) is 0.580. The van der Waals surface area contributed by atoms with E-state index >= 15 is 0 Å². The van der Waals surface area contributed by atoms with Crippen LogP contribution in [-0.4, -0.2) is 18.2 Å². The Morgan fingerprint density at radius 3 is 2.82 bits per heavy atom. The molecule has 114 valence electrons. The summed E-state index contributed by atoms with van der Waals surface area (Å²) < 4.78 is 5.05. The molecule has 0 aliphatic rings. The smallest absolute Gasteiger partial charge is 0.269 e. The van der Waals surface area contributed by atoms with Crippen molar-refractivity contribution in [2.75, 3.05) is 7.11 Å². The number of halogens is 1. The fourth-order valence-electron chi connectivity index (χ4n) is 1.73. The van der Waals surface area contributed by atoms with Crippen LogP contribution < -0.4 is 4.74 Å². The van der Waals surface area contributed by atoms with Crippen LogP contribution in [0.2, 0.25) is 5.02 Å². The van der Waals surface area contributed by atoms with Crippen molar-refractivity contribution in [3.05, 3.63) is 68.7 Å². The highest BCUT2D eigenvalue weighted by molar-refractivity contribution is 6.32. The summed E-state index contributed by atoms with van der Waals surface area (Å²) in [5, 5.41) is 15.0. The summed E-state index contributed by atoms with van der Waals surface area (Å²) in [6.07, 6.45) is 1.50. The Hall–Kier alpha value is -2.60. The fourth-order valence-corrected chi connectivity index (χ4v) is 2.00. The normalized spacial score (nSPS) is 10.6. The lowest BCUT2D eigenvalue weighted by molar-refractivity contribution is -0.384. The van der Waals surface area contributed by atoms with Crippen molar-refractivity contribution in [3.63, 3.8) is 0 Å². The summed E-state index contributed by atoms with van der Waals surface area (Å²) >= 11 is 5.99. The number of non-ortho nitro benzene ring substituents is 1. The second-order valence-electron chi connectivity index (χ2n) is 4.33. The van der Waals surface area contributed by atoms with Crippen LogP contribution in [-0.2, 0) is 11.4 Å². The number of ether oxygens (including phenoxy) is 1. The highest BCUT2D eigenvalue weighted by Gasteiger charge is 2.05. The molecule has 22 heavy (non-hydrogen) atoms. The van der Waals surface area contributed by atoms with Gasteiger partial charge in [-0.2, -0.15) is 0 Å². The SMILES string of the molecule is COc1ccc(/C=N\OCc2cccc([N+](=O)[O-])c2)cc1Cl. The number of nitro groups is 1. The van der Waals surface area contributed by atoms with Gasteiger partial charge in [-0.25, -0.2) is 0 Å². The monoisotopic (exact) mass is 320 g/mol. The minimum absolute atomic E-state index is 0.0204. The zero-order chi connectivity index (χ0) is 15.9. The van der Waals surface area contributed by atoms with Gasteiger partial charge in [0.15, 0.2) is 0 Å². The van der Waals surface area contributed by atoms with Crippen molar-refractivity contribution >= 4 is 23.5 Å². The van der Waals surface area contributed by atoms with Gasteiger partial charge in [0.05, 0.1) is 23.3 Å². The van der Waals surface area contributed by atoms with Crippen LogP contribution in [0.4, 0.5) is 5.69 Å². The molecule has 0 heterocycles. The Morgan fingerprint density at radius 2 is 2.14 bits per heavy atom. The van der Waals surface area contributed by atoms with Gasteiger partial charge < -0.3 is 9.57 Å². The molecule has 7 heteroatoms. The predicted octanol–water partition coefficient (Wildman–Crippen LogP) is 3.81. The number of hydrogen-bond donors (Lipinski definition) is 0. The first-order valence-electron chi connectivity index (χ1n) is 6.32. The maximum atomic E-state index is 10.7. The third-order valence-corrected chi connectivity index (χ3v) is 3.10. The second kappa shape index (κ2) is 7.42. The van der Waals surface area contributed by atoms with Crippen LogP contribution in [0.25, 0.3) is 0 Å². The molecule has 0 aromatic heterocycles. The molecule has 0 bridgehead atoms. The highest BCUT2D eigenvalue weighted by Crippen LogP contribution is 2.24. The summed E-state index contributed by atoms with van der Waals surface area (Å²) in [7, 11) is 1.54. The van der Waals surface area contributed by atoms with E-state index in [1.54, 1.807) is 30.3 Å². The number of hydrogen-bond acceptors (Lipinski definition) is 5. The van der Waals surface area contributed by atoms with Gasteiger partial charge in [-0.15, -0.1) is 0 Å². The van der Waals surface area contributed by atoms with E-state index in [0.29, 0.717) is 16.3 Å².